The summed E-state index contributed by atoms with van der Waals surface area (Å²) in [5.74, 6) is -0.883. The van der Waals surface area contributed by atoms with Crippen molar-refractivity contribution < 1.29 is 43.3 Å². The third-order valence-electron chi connectivity index (χ3n) is 16.0. The number of likely N-dealkylation sites (tertiary alicyclic amines) is 1. The van der Waals surface area contributed by atoms with Gasteiger partial charge in [-0.15, -0.1) is 0 Å². The minimum atomic E-state index is -1.37. The normalized spacial score (nSPS) is 40.2. The highest BCUT2D eigenvalue weighted by Gasteiger charge is 2.77. The number of epoxide rings is 1. The van der Waals surface area contributed by atoms with E-state index in [-0.39, 0.29) is 43.5 Å². The average Bonchev–Trinajstić information content (AvgIpc) is 3.73. The Morgan fingerprint density at radius 2 is 1.76 bits per heavy atom. The molecule has 2 bridgehead atoms. The minimum absolute atomic E-state index is 0.0257. The summed E-state index contributed by atoms with van der Waals surface area (Å²) < 4.78 is 26.3. The maximum Gasteiger partial charge on any atom is 0.327 e. The van der Waals surface area contributed by atoms with Crippen molar-refractivity contribution in [2.45, 2.75) is 146 Å². The van der Waals surface area contributed by atoms with Gasteiger partial charge in [0.25, 0.3) is 0 Å². The van der Waals surface area contributed by atoms with E-state index in [0.29, 0.717) is 55.6 Å². The quantitative estimate of drug-likeness (QED) is 0.301. The molecule has 9 aliphatic rings. The van der Waals surface area contributed by atoms with Gasteiger partial charge in [-0.3, -0.25) is 19.2 Å². The molecule has 2 N–H and O–H groups in total. The smallest absolute Gasteiger partial charge is 0.327 e. The number of hydroxylamine groups is 2. The van der Waals surface area contributed by atoms with E-state index in [1.165, 1.54) is 18.4 Å². The molecule has 4 aliphatic carbocycles. The number of nitrogens with one attached hydrogen (secondary N) is 1. The number of aliphatic hydroxyl groups excluding tert-OH is 1. The predicted octanol–water partition coefficient (Wildman–Crippen LogP) is 4.64. The van der Waals surface area contributed by atoms with Crippen LogP contribution in [0.15, 0.2) is 54.1 Å². The molecule has 0 aromatic heterocycles. The lowest BCUT2D eigenvalue weighted by atomic mass is 9.52. The molecule has 3 saturated carbocycles. The molecule has 11 atom stereocenters. The number of rotatable bonds is 7. The number of fused-ring (bicyclic) bond motifs is 7. The maximum absolute atomic E-state index is 15.4. The zero-order valence-corrected chi connectivity index (χ0v) is 34.4. The van der Waals surface area contributed by atoms with Gasteiger partial charge in [0.2, 0.25) is 11.8 Å². The second kappa shape index (κ2) is 13.7. The molecule has 59 heavy (non-hydrogen) atoms. The van der Waals surface area contributed by atoms with Crippen molar-refractivity contribution in [3.8, 4) is 0 Å². The van der Waals surface area contributed by atoms with Crippen molar-refractivity contribution in [3.63, 3.8) is 0 Å². The number of carbonyl (C=O) groups is 3. The molecule has 5 aliphatic heterocycles. The van der Waals surface area contributed by atoms with Crippen LogP contribution in [0.1, 0.15) is 94.4 Å². The molecule has 5 heterocycles. The van der Waals surface area contributed by atoms with E-state index in [2.05, 4.69) is 62.5 Å². The largest absolute Gasteiger partial charge is 0.458 e. The first-order valence-electron chi connectivity index (χ1n) is 22.1. The van der Waals surface area contributed by atoms with E-state index >= 15 is 4.79 Å². The average molecular weight is 808 g/mol. The van der Waals surface area contributed by atoms with Crippen LogP contribution in [0.25, 0.3) is 6.08 Å². The molecule has 314 valence electrons. The summed E-state index contributed by atoms with van der Waals surface area (Å²) in [6.07, 6.45) is 7.84. The van der Waals surface area contributed by atoms with Gasteiger partial charge in [-0.25, -0.2) is 0 Å². The Morgan fingerprint density at radius 3 is 2.54 bits per heavy atom. The van der Waals surface area contributed by atoms with Gasteiger partial charge in [0.1, 0.15) is 35.9 Å². The molecule has 8 fully saturated rings. The van der Waals surface area contributed by atoms with E-state index in [0.717, 1.165) is 41.5 Å². The highest BCUT2D eigenvalue weighted by Crippen LogP contribution is 2.61. The fourth-order valence-electron chi connectivity index (χ4n) is 13.0. The Labute approximate surface area is 345 Å². The summed E-state index contributed by atoms with van der Waals surface area (Å²) >= 11 is 0. The molecule has 1 unspecified atom stereocenters. The van der Waals surface area contributed by atoms with E-state index in [9.17, 15) is 14.7 Å². The Hall–Kier alpha value is -3.65. The van der Waals surface area contributed by atoms with E-state index in [1.807, 2.05) is 18.2 Å². The molecule has 12 nitrogen and oxygen atoms in total. The zero-order chi connectivity index (χ0) is 40.5. The second-order valence-electron chi connectivity index (χ2n) is 20.0. The first-order chi connectivity index (χ1) is 28.4. The molecular formula is C47H57N3O9. The summed E-state index contributed by atoms with van der Waals surface area (Å²) in [4.78, 5) is 51.9. The highest BCUT2D eigenvalue weighted by atomic mass is 16.8. The molecule has 2 amide bonds. The highest BCUT2D eigenvalue weighted by molar-refractivity contribution is 5.96. The van der Waals surface area contributed by atoms with Crippen molar-refractivity contribution in [1.29, 1.82) is 0 Å². The van der Waals surface area contributed by atoms with E-state index in [1.54, 1.807) is 9.96 Å². The van der Waals surface area contributed by atoms with Gasteiger partial charge >= 0.3 is 5.97 Å². The number of hydrogen-bond donors (Lipinski definition) is 2. The van der Waals surface area contributed by atoms with Crippen LogP contribution in [0.4, 0.5) is 0 Å². The van der Waals surface area contributed by atoms with Crippen LogP contribution >= 0.6 is 0 Å². The van der Waals surface area contributed by atoms with Gasteiger partial charge in [0.05, 0.1) is 24.9 Å². The van der Waals surface area contributed by atoms with Crippen LogP contribution in [-0.4, -0.2) is 107 Å². The number of esters is 1. The lowest BCUT2D eigenvalue weighted by Crippen LogP contribution is -2.70. The standard InChI is InChI=1S/C47H57N3O9/c1-44(2)24-32-29(13-14-36-45(3,56-36)16-15-33(32)44)21-27-8-6-9-28(20-27)26-50-39-42(53)55-35-25-47(39,43(54)49-18-7-12-34(49)41(52)48-17-19-51)40(59-50)38-37(35)57-46(58-38)22-30-10-4-5-11-31(30)23-46/h4-6,8-11,20-21,32-40,51H,7,12-19,22-26H2,1-3H3,(H,48,52)/t32-,33-,34-,35-,36?,37+,38+,39+,40-,45-,47+/m1/s1. The van der Waals surface area contributed by atoms with Gasteiger partial charge in [-0.1, -0.05) is 74.0 Å². The number of allylic oxidation sites excluding steroid dienone is 1. The topological polar surface area (TPSA) is 139 Å². The van der Waals surface area contributed by atoms with Gasteiger partial charge in [0, 0.05) is 32.4 Å². The molecule has 5 saturated heterocycles. The summed E-state index contributed by atoms with van der Waals surface area (Å²) in [7, 11) is 0. The molecule has 2 aromatic carbocycles. The molecule has 11 rings (SSSR count). The van der Waals surface area contributed by atoms with Gasteiger partial charge in [0.15, 0.2) is 11.8 Å². The van der Waals surface area contributed by atoms with Crippen molar-refractivity contribution in [2.24, 2.45) is 22.7 Å². The monoisotopic (exact) mass is 807 g/mol. The first kappa shape index (κ1) is 38.3. The number of carbonyl (C=O) groups excluding carboxylic acids is 3. The van der Waals surface area contributed by atoms with Crippen LogP contribution in [-0.2, 0) is 57.6 Å². The number of amides is 2. The Balaban J connectivity index is 0.919. The third kappa shape index (κ3) is 6.02. The number of ether oxygens (including phenoxy) is 4. The van der Waals surface area contributed by atoms with Crippen molar-refractivity contribution in [3.05, 3.63) is 76.4 Å². The number of hydrogen-bond acceptors (Lipinski definition) is 10. The summed E-state index contributed by atoms with van der Waals surface area (Å²) in [6.45, 7) is 7.63. The molecule has 12 heteroatoms. The lowest BCUT2D eigenvalue weighted by Gasteiger charge is -2.53. The van der Waals surface area contributed by atoms with Crippen LogP contribution in [0.5, 0.6) is 0 Å². The van der Waals surface area contributed by atoms with Crippen molar-refractivity contribution in [2.75, 3.05) is 19.7 Å². The second-order valence-corrected chi connectivity index (χ2v) is 20.0. The third-order valence-corrected chi connectivity index (χ3v) is 16.0. The Morgan fingerprint density at radius 1 is 0.966 bits per heavy atom. The number of aliphatic hydroxyl groups is 1. The van der Waals surface area contributed by atoms with E-state index in [4.69, 9.17) is 23.8 Å². The van der Waals surface area contributed by atoms with Gasteiger partial charge in [-0.05, 0) is 91.4 Å². The number of benzene rings is 2. The summed E-state index contributed by atoms with van der Waals surface area (Å²) in [5.41, 5.74) is 4.83. The summed E-state index contributed by atoms with van der Waals surface area (Å²) in [6, 6.07) is 14.9. The van der Waals surface area contributed by atoms with Crippen LogP contribution < -0.4 is 5.32 Å². The van der Waals surface area contributed by atoms with Crippen molar-refractivity contribution in [1.82, 2.24) is 15.3 Å². The van der Waals surface area contributed by atoms with Gasteiger partial charge < -0.3 is 34.3 Å². The fraction of sp³-hybridized carbons (Fsp3) is 0.638. The van der Waals surface area contributed by atoms with Crippen LogP contribution in [0.2, 0.25) is 0 Å². The molecule has 0 radical (unpaired) electrons. The first-order valence-corrected chi connectivity index (χ1v) is 22.1. The predicted molar refractivity (Wildman–Crippen MR) is 214 cm³/mol. The maximum atomic E-state index is 15.4. The van der Waals surface area contributed by atoms with Crippen LogP contribution in [0.3, 0.4) is 0 Å². The lowest BCUT2D eigenvalue weighted by molar-refractivity contribution is -0.218. The van der Waals surface area contributed by atoms with E-state index < -0.39 is 53.7 Å². The van der Waals surface area contributed by atoms with Crippen molar-refractivity contribution >= 4 is 23.9 Å². The number of nitrogens with zero attached hydrogens (tertiary/aromatic N) is 2. The summed E-state index contributed by atoms with van der Waals surface area (Å²) in [5, 5.41) is 13.9. The molecule has 1 spiro atoms. The molecular weight excluding hydrogens is 751 g/mol. The fourth-order valence-corrected chi connectivity index (χ4v) is 13.0. The van der Waals surface area contributed by atoms with Crippen LogP contribution in [0, 0.1) is 22.7 Å². The minimum Gasteiger partial charge on any atom is -0.458 e. The Kier molecular flexibility index (Phi) is 8.87. The van der Waals surface area contributed by atoms with Gasteiger partial charge in [-0.2, -0.15) is 5.06 Å². The SMILES string of the molecule is CC1(C)C[C@@H]2C(=Cc3cccc(CN4O[C@@H]5[C@H]6OC7(Cc8ccccc8C7)O[C@H]6[C@H]6C[C@]5(C(=O)N5CCC[C@@H]5C(=O)NCCO)[C@@H]4C(=O)O6)c3)CCC3O[C@]3(C)CC[C@H]21. The zero-order valence-electron chi connectivity index (χ0n) is 34.4. The molecule has 2 aromatic rings. The Bertz CT molecular complexity index is 2080.